The number of hydrogen-bond acceptors (Lipinski definition) is 1. The van der Waals surface area contributed by atoms with Crippen molar-refractivity contribution in [1.29, 1.82) is 0 Å². The van der Waals surface area contributed by atoms with E-state index >= 15 is 0 Å². The Hall–Kier alpha value is -3.38. The first-order valence-corrected chi connectivity index (χ1v) is 12.2. The van der Waals surface area contributed by atoms with E-state index in [1.54, 1.807) is 0 Å². The molecule has 0 aliphatic carbocycles. The monoisotopic (exact) mass is 469 g/mol. The van der Waals surface area contributed by atoms with Gasteiger partial charge in [-0.05, 0) is 75.4 Å². The van der Waals surface area contributed by atoms with Gasteiger partial charge in [0.2, 0.25) is 0 Å². The van der Waals surface area contributed by atoms with Crippen molar-refractivity contribution < 1.29 is 0 Å². The summed E-state index contributed by atoms with van der Waals surface area (Å²) >= 11 is 0. The van der Waals surface area contributed by atoms with Gasteiger partial charge in [0.05, 0.1) is 0 Å². The number of allylic oxidation sites excluding steroid dienone is 8. The van der Waals surface area contributed by atoms with Crippen LogP contribution >= 0.6 is 0 Å². The summed E-state index contributed by atoms with van der Waals surface area (Å²) in [4.78, 5) is 0. The Morgan fingerprint density at radius 2 is 1.43 bits per heavy atom. The maximum Gasteiger partial charge on any atom is -0.00253 e. The zero-order chi connectivity index (χ0) is 27.1. The molecular weight excluding hydrogens is 422 g/mol. The smallest absolute Gasteiger partial charge is 0.00253 e. The van der Waals surface area contributed by atoms with E-state index in [1.165, 1.54) is 29.3 Å². The van der Waals surface area contributed by atoms with E-state index < -0.39 is 0 Å². The molecule has 1 heteroatoms. The molecule has 2 rings (SSSR count). The maximum absolute atomic E-state index is 4.50. The first-order valence-electron chi connectivity index (χ1n) is 12.2. The van der Waals surface area contributed by atoms with Crippen LogP contribution in [0.15, 0.2) is 133 Å². The van der Waals surface area contributed by atoms with Crippen LogP contribution in [-0.4, -0.2) is 7.05 Å². The van der Waals surface area contributed by atoms with Gasteiger partial charge in [0.25, 0.3) is 0 Å². The lowest BCUT2D eigenvalue weighted by molar-refractivity contribution is 0.928. The SMILES string of the molecule is C/C(Cc1ccccc1)=C(\C)c1ccccc1.C=C.C=C=C(C)C(/C=C\C)=C/C(=C)CCC.CN. The topological polar surface area (TPSA) is 26.0 Å². The summed E-state index contributed by atoms with van der Waals surface area (Å²) in [5.74, 6) is 0. The molecule has 2 N–H and O–H groups in total. The van der Waals surface area contributed by atoms with Crippen molar-refractivity contribution in [3.05, 3.63) is 144 Å². The lowest BCUT2D eigenvalue weighted by Gasteiger charge is -2.08. The van der Waals surface area contributed by atoms with E-state index in [2.05, 4.69) is 131 Å². The van der Waals surface area contributed by atoms with E-state index in [-0.39, 0.29) is 0 Å². The van der Waals surface area contributed by atoms with Gasteiger partial charge < -0.3 is 5.73 Å². The van der Waals surface area contributed by atoms with Gasteiger partial charge >= 0.3 is 0 Å². The second kappa shape index (κ2) is 22.4. The predicted molar refractivity (Wildman–Crippen MR) is 161 cm³/mol. The highest BCUT2D eigenvalue weighted by Crippen LogP contribution is 2.20. The molecule has 0 unspecified atom stereocenters. The second-order valence-electron chi connectivity index (χ2n) is 7.74. The Labute approximate surface area is 216 Å². The third kappa shape index (κ3) is 15.2. The molecule has 35 heavy (non-hydrogen) atoms. The molecule has 188 valence electrons. The van der Waals surface area contributed by atoms with Crippen molar-refractivity contribution in [2.75, 3.05) is 7.05 Å². The molecule has 0 heterocycles. The van der Waals surface area contributed by atoms with Crippen LogP contribution in [-0.2, 0) is 6.42 Å². The Balaban J connectivity index is 0. The quantitative estimate of drug-likeness (QED) is 0.232. The molecule has 2 aromatic carbocycles. The van der Waals surface area contributed by atoms with Crippen molar-refractivity contribution in [3.8, 4) is 0 Å². The zero-order valence-electron chi connectivity index (χ0n) is 23.0. The average molecular weight is 470 g/mol. The van der Waals surface area contributed by atoms with Gasteiger partial charge in [-0.15, -0.1) is 18.9 Å². The van der Waals surface area contributed by atoms with E-state index in [0.717, 1.165) is 36.0 Å². The van der Waals surface area contributed by atoms with Crippen LogP contribution in [0.25, 0.3) is 5.57 Å². The number of benzene rings is 2. The normalized spacial score (nSPS) is 10.8. The molecule has 0 aromatic heterocycles. The fraction of sp³-hybridized carbons (Fsp3) is 0.265. The molecule has 0 spiro atoms. The van der Waals surface area contributed by atoms with Gasteiger partial charge in [-0.2, -0.15) is 0 Å². The average Bonchev–Trinajstić information content (AvgIpc) is 2.91. The standard InChI is InChI=1S/C17H18.C14H20.C2H4.CH5N/c1-14(13-16-9-5-3-6-10-16)15(2)17-11-7-4-8-12-17;1-6-9-12(4)11-14(10-7-2)13(5)8-3;2*1-2/h3-12H,13H2,1-2H3;7,10-11H,3-4,6,9H2,1-2,5H3;1-2H2;2H2,1H3/b15-14-;10-7-,14-11+;;. The largest absolute Gasteiger partial charge is 0.333 e. The van der Waals surface area contributed by atoms with Crippen molar-refractivity contribution in [2.45, 2.75) is 53.9 Å². The van der Waals surface area contributed by atoms with Crippen LogP contribution in [0.5, 0.6) is 0 Å². The number of hydrogen-bond donors (Lipinski definition) is 1. The van der Waals surface area contributed by atoms with E-state index in [4.69, 9.17) is 0 Å². The first-order chi connectivity index (χ1) is 16.9. The van der Waals surface area contributed by atoms with Gasteiger partial charge in [-0.3, -0.25) is 0 Å². The van der Waals surface area contributed by atoms with Crippen LogP contribution < -0.4 is 5.73 Å². The van der Waals surface area contributed by atoms with Crippen molar-refractivity contribution in [3.63, 3.8) is 0 Å². The highest BCUT2D eigenvalue weighted by atomic mass is 14.4. The Morgan fingerprint density at radius 3 is 1.89 bits per heavy atom. The third-order valence-electron chi connectivity index (χ3n) is 5.13. The van der Waals surface area contributed by atoms with Gasteiger partial charge in [0.1, 0.15) is 0 Å². The molecule has 1 nitrogen and oxygen atoms in total. The summed E-state index contributed by atoms with van der Waals surface area (Å²) in [5.41, 5.74) is 16.3. The van der Waals surface area contributed by atoms with E-state index in [0.29, 0.717) is 0 Å². The van der Waals surface area contributed by atoms with Crippen molar-refractivity contribution >= 4 is 5.57 Å². The molecule has 0 amide bonds. The number of rotatable bonds is 8. The molecule has 0 bridgehead atoms. The van der Waals surface area contributed by atoms with Crippen LogP contribution in [0.4, 0.5) is 0 Å². The summed E-state index contributed by atoms with van der Waals surface area (Å²) in [5, 5.41) is 0. The van der Waals surface area contributed by atoms with E-state index in [1.807, 2.05) is 19.9 Å². The highest BCUT2D eigenvalue weighted by Gasteiger charge is 2.01. The Bertz CT molecular complexity index is 966. The van der Waals surface area contributed by atoms with E-state index in [9.17, 15) is 0 Å². The molecule has 2 aromatic rings. The molecule has 0 saturated carbocycles. The summed E-state index contributed by atoms with van der Waals surface area (Å²) in [7, 11) is 1.50. The van der Waals surface area contributed by atoms with Gasteiger partial charge in [0.15, 0.2) is 0 Å². The molecule has 0 aliphatic heterocycles. The summed E-state index contributed by atoms with van der Waals surface area (Å²) in [6, 6.07) is 21.2. The third-order valence-corrected chi connectivity index (χ3v) is 5.13. The first kappa shape index (κ1) is 33.8. The summed E-state index contributed by atoms with van der Waals surface area (Å²) < 4.78 is 0. The fourth-order valence-electron chi connectivity index (χ4n) is 3.15. The summed E-state index contributed by atoms with van der Waals surface area (Å²) in [6.07, 6.45) is 9.40. The Kier molecular flexibility index (Phi) is 21.6. The fourth-order valence-corrected chi connectivity index (χ4v) is 3.15. The van der Waals surface area contributed by atoms with Crippen LogP contribution in [0.2, 0.25) is 0 Å². The lowest BCUT2D eigenvalue weighted by atomic mass is 9.97. The van der Waals surface area contributed by atoms with Crippen molar-refractivity contribution in [2.24, 2.45) is 5.73 Å². The van der Waals surface area contributed by atoms with Crippen LogP contribution in [0.1, 0.15) is 58.6 Å². The second-order valence-corrected chi connectivity index (χ2v) is 7.74. The minimum Gasteiger partial charge on any atom is -0.333 e. The van der Waals surface area contributed by atoms with Crippen LogP contribution in [0.3, 0.4) is 0 Å². The molecule has 0 atom stereocenters. The van der Waals surface area contributed by atoms with Gasteiger partial charge in [0, 0.05) is 0 Å². The molecule has 0 radical (unpaired) electrons. The molecule has 0 saturated heterocycles. The van der Waals surface area contributed by atoms with Gasteiger partial charge in [-0.25, -0.2) is 0 Å². The van der Waals surface area contributed by atoms with Crippen LogP contribution in [0, 0.1) is 0 Å². The predicted octanol–water partition coefficient (Wildman–Crippen LogP) is 9.68. The Morgan fingerprint density at radius 1 is 0.914 bits per heavy atom. The maximum atomic E-state index is 4.50. The molecule has 0 aliphatic rings. The lowest BCUT2D eigenvalue weighted by Crippen LogP contribution is -1.90. The van der Waals surface area contributed by atoms with Gasteiger partial charge in [-0.1, -0.05) is 117 Å². The highest BCUT2D eigenvalue weighted by molar-refractivity contribution is 5.66. The van der Waals surface area contributed by atoms with Crippen molar-refractivity contribution in [1.82, 2.24) is 0 Å². The number of nitrogens with two attached hydrogens (primary N) is 1. The molecule has 0 fully saturated rings. The summed E-state index contributed by atoms with van der Waals surface area (Å²) in [6.45, 7) is 24.3. The molecular formula is C34H47N. The zero-order valence-corrected chi connectivity index (χ0v) is 23.0. The minimum absolute atomic E-state index is 1.03. The minimum atomic E-state index is 1.03.